The molecule has 0 N–H and O–H groups in total. The number of carbonyl (C=O) groups is 1. The van der Waals surface area contributed by atoms with Crippen LogP contribution in [0.5, 0.6) is 0 Å². The minimum absolute atomic E-state index is 0.0741. The Balaban J connectivity index is 2.47. The van der Waals surface area contributed by atoms with Crippen LogP contribution in [0.1, 0.15) is 24.5 Å². The number of rotatable bonds is 4. The van der Waals surface area contributed by atoms with Gasteiger partial charge < -0.3 is 4.74 Å². The van der Waals surface area contributed by atoms with Gasteiger partial charge in [0, 0.05) is 5.38 Å². The van der Waals surface area contributed by atoms with Gasteiger partial charge in [-0.3, -0.25) is 4.79 Å². The molecule has 1 rings (SSSR count). The third kappa shape index (κ3) is 3.64. The SMILES string of the molecule is CC(C)OC(=O)Cc1nc(CCl)cs1. The van der Waals surface area contributed by atoms with Crippen LogP contribution in [0.4, 0.5) is 0 Å². The first-order valence-electron chi connectivity index (χ1n) is 4.30. The van der Waals surface area contributed by atoms with Crippen molar-refractivity contribution in [3.63, 3.8) is 0 Å². The lowest BCUT2D eigenvalue weighted by molar-refractivity contribution is -0.146. The summed E-state index contributed by atoms with van der Waals surface area (Å²) in [6.45, 7) is 3.65. The Morgan fingerprint density at radius 1 is 1.71 bits per heavy atom. The van der Waals surface area contributed by atoms with Crippen molar-refractivity contribution in [3.8, 4) is 0 Å². The summed E-state index contributed by atoms with van der Waals surface area (Å²) in [4.78, 5) is 15.4. The number of aromatic nitrogens is 1. The van der Waals surface area contributed by atoms with Gasteiger partial charge in [-0.05, 0) is 13.8 Å². The molecule has 5 heteroatoms. The summed E-state index contributed by atoms with van der Waals surface area (Å²) in [6.07, 6.45) is 0.162. The molecule has 0 radical (unpaired) electrons. The van der Waals surface area contributed by atoms with Crippen LogP contribution >= 0.6 is 22.9 Å². The molecule has 0 aromatic carbocycles. The van der Waals surface area contributed by atoms with E-state index in [1.54, 1.807) is 0 Å². The molecule has 0 atom stereocenters. The largest absolute Gasteiger partial charge is 0.463 e. The molecule has 78 valence electrons. The molecule has 0 saturated carbocycles. The third-order valence-electron chi connectivity index (χ3n) is 1.40. The fourth-order valence-electron chi connectivity index (χ4n) is 0.920. The van der Waals surface area contributed by atoms with Gasteiger partial charge in [0.2, 0.25) is 0 Å². The van der Waals surface area contributed by atoms with E-state index in [0.29, 0.717) is 5.88 Å². The number of alkyl halides is 1. The zero-order chi connectivity index (χ0) is 10.6. The normalized spacial score (nSPS) is 10.6. The van der Waals surface area contributed by atoms with Gasteiger partial charge >= 0.3 is 5.97 Å². The first kappa shape index (κ1) is 11.5. The highest BCUT2D eigenvalue weighted by Gasteiger charge is 2.09. The Kier molecular flexibility index (Phi) is 4.35. The van der Waals surface area contributed by atoms with Crippen molar-refractivity contribution in [2.45, 2.75) is 32.3 Å². The maximum Gasteiger partial charge on any atom is 0.312 e. The van der Waals surface area contributed by atoms with Gasteiger partial charge in [-0.25, -0.2) is 4.98 Å². The molecule has 0 fully saturated rings. The van der Waals surface area contributed by atoms with Gasteiger partial charge in [0.05, 0.1) is 24.1 Å². The maximum atomic E-state index is 11.2. The average molecular weight is 234 g/mol. The summed E-state index contributed by atoms with van der Waals surface area (Å²) < 4.78 is 4.99. The minimum Gasteiger partial charge on any atom is -0.463 e. The number of thiazole rings is 1. The van der Waals surface area contributed by atoms with E-state index in [1.165, 1.54) is 11.3 Å². The van der Waals surface area contributed by atoms with Crippen LogP contribution in [0.15, 0.2) is 5.38 Å². The third-order valence-corrected chi connectivity index (χ3v) is 2.57. The number of hydrogen-bond acceptors (Lipinski definition) is 4. The number of ether oxygens (including phenoxy) is 1. The predicted octanol–water partition coefficient (Wildman–Crippen LogP) is 2.38. The van der Waals surface area contributed by atoms with Gasteiger partial charge in [0.1, 0.15) is 5.01 Å². The quantitative estimate of drug-likeness (QED) is 0.592. The topological polar surface area (TPSA) is 39.2 Å². The second-order valence-corrected chi connectivity index (χ2v) is 4.29. The standard InChI is InChI=1S/C9H12ClNO2S/c1-6(2)13-9(12)3-8-11-7(4-10)5-14-8/h5-6H,3-4H2,1-2H3. The summed E-state index contributed by atoms with van der Waals surface area (Å²) in [7, 11) is 0. The van der Waals surface area contributed by atoms with Crippen LogP contribution in [-0.2, 0) is 21.8 Å². The van der Waals surface area contributed by atoms with Crippen molar-refractivity contribution < 1.29 is 9.53 Å². The van der Waals surface area contributed by atoms with Crippen LogP contribution in [0.2, 0.25) is 0 Å². The Morgan fingerprint density at radius 3 is 2.93 bits per heavy atom. The average Bonchev–Trinajstić information content (AvgIpc) is 2.50. The van der Waals surface area contributed by atoms with E-state index in [-0.39, 0.29) is 18.5 Å². The molecular weight excluding hydrogens is 222 g/mol. The van der Waals surface area contributed by atoms with E-state index < -0.39 is 0 Å². The smallest absolute Gasteiger partial charge is 0.312 e. The first-order valence-corrected chi connectivity index (χ1v) is 5.72. The number of carbonyl (C=O) groups excluding carboxylic acids is 1. The lowest BCUT2D eigenvalue weighted by Gasteiger charge is -2.05. The van der Waals surface area contributed by atoms with Gasteiger partial charge in [-0.2, -0.15) is 0 Å². The summed E-state index contributed by atoms with van der Waals surface area (Å²) in [5.74, 6) is 0.144. The Labute approximate surface area is 92.1 Å². The molecule has 0 aliphatic carbocycles. The van der Waals surface area contributed by atoms with Crippen LogP contribution in [0.25, 0.3) is 0 Å². The van der Waals surface area contributed by atoms with Gasteiger partial charge in [-0.1, -0.05) is 0 Å². The second kappa shape index (κ2) is 5.32. The predicted molar refractivity (Wildman–Crippen MR) is 56.6 cm³/mol. The van der Waals surface area contributed by atoms with Crippen molar-refractivity contribution in [3.05, 3.63) is 16.1 Å². The molecule has 0 bridgehead atoms. The van der Waals surface area contributed by atoms with E-state index in [4.69, 9.17) is 16.3 Å². The summed E-state index contributed by atoms with van der Waals surface area (Å²) in [5, 5.41) is 2.61. The maximum absolute atomic E-state index is 11.2. The summed E-state index contributed by atoms with van der Waals surface area (Å²) >= 11 is 7.02. The molecule has 3 nitrogen and oxygen atoms in total. The van der Waals surface area contributed by atoms with E-state index in [2.05, 4.69) is 4.98 Å². The zero-order valence-electron chi connectivity index (χ0n) is 8.12. The molecule has 0 spiro atoms. The molecular formula is C9H12ClNO2S. The monoisotopic (exact) mass is 233 g/mol. The second-order valence-electron chi connectivity index (χ2n) is 3.08. The first-order chi connectivity index (χ1) is 6.61. The summed E-state index contributed by atoms with van der Waals surface area (Å²) in [6, 6.07) is 0. The lowest BCUT2D eigenvalue weighted by Crippen LogP contribution is -2.13. The van der Waals surface area contributed by atoms with Crippen LogP contribution in [-0.4, -0.2) is 17.1 Å². The van der Waals surface area contributed by atoms with Crippen molar-refractivity contribution in [1.29, 1.82) is 0 Å². The van der Waals surface area contributed by atoms with E-state index in [0.717, 1.165) is 10.7 Å². The number of hydrogen-bond donors (Lipinski definition) is 0. The van der Waals surface area contributed by atoms with Crippen molar-refractivity contribution in [1.82, 2.24) is 4.98 Å². The van der Waals surface area contributed by atoms with Crippen LogP contribution in [0, 0.1) is 0 Å². The molecule has 14 heavy (non-hydrogen) atoms. The van der Waals surface area contributed by atoms with Crippen molar-refractivity contribution in [2.24, 2.45) is 0 Å². The van der Waals surface area contributed by atoms with Crippen LogP contribution in [0.3, 0.4) is 0 Å². The van der Waals surface area contributed by atoms with Gasteiger partial charge in [-0.15, -0.1) is 22.9 Å². The molecule has 1 aromatic rings. The fraction of sp³-hybridized carbons (Fsp3) is 0.556. The Morgan fingerprint density at radius 2 is 2.43 bits per heavy atom. The molecule has 1 heterocycles. The van der Waals surface area contributed by atoms with Crippen molar-refractivity contribution >= 4 is 28.9 Å². The van der Waals surface area contributed by atoms with Gasteiger partial charge in [0.25, 0.3) is 0 Å². The number of halogens is 1. The molecule has 0 amide bonds. The van der Waals surface area contributed by atoms with E-state index in [9.17, 15) is 4.79 Å². The Bertz CT molecular complexity index is 312. The zero-order valence-corrected chi connectivity index (χ0v) is 9.69. The summed E-state index contributed by atoms with van der Waals surface area (Å²) in [5.41, 5.74) is 0.809. The molecule has 0 unspecified atom stereocenters. The molecule has 1 aromatic heterocycles. The highest BCUT2D eigenvalue weighted by atomic mass is 35.5. The number of nitrogens with zero attached hydrogens (tertiary/aromatic N) is 1. The van der Waals surface area contributed by atoms with Crippen molar-refractivity contribution in [2.75, 3.05) is 0 Å². The highest BCUT2D eigenvalue weighted by Crippen LogP contribution is 2.12. The minimum atomic E-state index is -0.240. The van der Waals surface area contributed by atoms with E-state index in [1.807, 2.05) is 19.2 Å². The lowest BCUT2D eigenvalue weighted by atomic mass is 10.4. The number of esters is 1. The van der Waals surface area contributed by atoms with Gasteiger partial charge in [0.15, 0.2) is 0 Å². The molecule has 0 aliphatic heterocycles. The van der Waals surface area contributed by atoms with Crippen LogP contribution < -0.4 is 0 Å². The Hall–Kier alpha value is -0.610. The van der Waals surface area contributed by atoms with E-state index >= 15 is 0 Å². The fourth-order valence-corrected chi connectivity index (χ4v) is 1.93. The molecule has 0 saturated heterocycles. The molecule has 0 aliphatic rings. The highest BCUT2D eigenvalue weighted by molar-refractivity contribution is 7.09.